The molecular formula is C18H23N3O6S. The van der Waals surface area contributed by atoms with E-state index in [4.69, 9.17) is 14.2 Å². The van der Waals surface area contributed by atoms with Crippen molar-refractivity contribution in [3.05, 3.63) is 39.3 Å². The summed E-state index contributed by atoms with van der Waals surface area (Å²) < 4.78 is 39.6. The Morgan fingerprint density at radius 2 is 1.79 bits per heavy atom. The molecule has 2 heterocycles. The molecule has 0 bridgehead atoms. The van der Waals surface area contributed by atoms with Crippen molar-refractivity contribution in [1.29, 1.82) is 0 Å². The van der Waals surface area contributed by atoms with Crippen molar-refractivity contribution in [2.24, 2.45) is 0 Å². The Kier molecular flexibility index (Phi) is 5.61. The highest BCUT2D eigenvalue weighted by molar-refractivity contribution is 7.90. The number of sulfone groups is 1. The van der Waals surface area contributed by atoms with Gasteiger partial charge in [-0.1, -0.05) is 0 Å². The van der Waals surface area contributed by atoms with Gasteiger partial charge in [0.15, 0.2) is 0 Å². The number of nitrogens with one attached hydrogen (secondary N) is 1. The lowest BCUT2D eigenvalue weighted by Crippen LogP contribution is -2.36. The first-order valence-electron chi connectivity index (χ1n) is 8.60. The molecule has 9 nitrogen and oxygen atoms in total. The van der Waals surface area contributed by atoms with Crippen LogP contribution in [0.4, 0.5) is 0 Å². The number of ether oxygens (including phenoxy) is 3. The summed E-state index contributed by atoms with van der Waals surface area (Å²) in [6.07, 6.45) is 1.50. The number of methoxy groups -OCH3 is 3. The smallest absolute Gasteiger partial charge is 0.256 e. The number of aromatic amines is 1. The number of hydrogen-bond acceptors (Lipinski definition) is 8. The monoisotopic (exact) mass is 409 g/mol. The summed E-state index contributed by atoms with van der Waals surface area (Å²) in [6, 6.07) is 3.56. The lowest BCUT2D eigenvalue weighted by Gasteiger charge is -2.28. The topological polar surface area (TPSA) is 111 Å². The average Bonchev–Trinajstić information content (AvgIpc) is 2.67. The molecule has 0 spiro atoms. The van der Waals surface area contributed by atoms with Crippen molar-refractivity contribution in [1.82, 2.24) is 14.9 Å². The van der Waals surface area contributed by atoms with Gasteiger partial charge in [0.1, 0.15) is 17.2 Å². The van der Waals surface area contributed by atoms with E-state index in [0.29, 0.717) is 54.6 Å². The van der Waals surface area contributed by atoms with Crippen molar-refractivity contribution < 1.29 is 22.6 Å². The van der Waals surface area contributed by atoms with Gasteiger partial charge in [-0.25, -0.2) is 13.4 Å². The maximum atomic E-state index is 12.4. The predicted molar refractivity (Wildman–Crippen MR) is 102 cm³/mol. The van der Waals surface area contributed by atoms with Gasteiger partial charge in [-0.2, -0.15) is 0 Å². The fourth-order valence-electron chi connectivity index (χ4n) is 3.23. The molecule has 3 rings (SSSR count). The summed E-state index contributed by atoms with van der Waals surface area (Å²) in [7, 11) is 1.15. The highest BCUT2D eigenvalue weighted by Gasteiger charge is 2.25. The first-order valence-corrected chi connectivity index (χ1v) is 10.5. The summed E-state index contributed by atoms with van der Waals surface area (Å²) in [5.74, 6) is 1.87. The normalized spacial score (nSPS) is 14.4. The zero-order chi connectivity index (χ0) is 20.5. The number of H-pyrrole nitrogens is 1. The molecule has 0 amide bonds. The van der Waals surface area contributed by atoms with Gasteiger partial charge >= 0.3 is 0 Å². The Hall–Kier alpha value is -2.59. The van der Waals surface area contributed by atoms with Crippen molar-refractivity contribution >= 4 is 9.84 Å². The van der Waals surface area contributed by atoms with Crippen LogP contribution in [0.1, 0.15) is 16.8 Å². The van der Waals surface area contributed by atoms with Gasteiger partial charge in [0.05, 0.1) is 38.2 Å². The molecule has 152 valence electrons. The average molecular weight is 409 g/mol. The number of rotatable bonds is 6. The fourth-order valence-corrected chi connectivity index (χ4v) is 3.78. The minimum absolute atomic E-state index is 0.289. The third-order valence-electron chi connectivity index (χ3n) is 4.68. The minimum Gasteiger partial charge on any atom is -0.496 e. The van der Waals surface area contributed by atoms with E-state index in [1.807, 2.05) is 0 Å². The van der Waals surface area contributed by atoms with E-state index in [9.17, 15) is 13.2 Å². The first-order chi connectivity index (χ1) is 13.3. The molecule has 28 heavy (non-hydrogen) atoms. The van der Waals surface area contributed by atoms with E-state index in [2.05, 4.69) is 14.9 Å². The number of fused-ring (bicyclic) bond motifs is 1. The van der Waals surface area contributed by atoms with Crippen molar-refractivity contribution in [2.75, 3.05) is 34.1 Å². The van der Waals surface area contributed by atoms with E-state index in [-0.39, 0.29) is 5.16 Å². The molecule has 0 fully saturated rings. The van der Waals surface area contributed by atoms with Crippen LogP contribution >= 0.6 is 0 Å². The molecule has 0 radical (unpaired) electrons. The van der Waals surface area contributed by atoms with Crippen molar-refractivity contribution in [3.63, 3.8) is 0 Å². The Labute approximate surface area is 163 Å². The van der Waals surface area contributed by atoms with Crippen LogP contribution in [0.25, 0.3) is 0 Å². The van der Waals surface area contributed by atoms with E-state index in [0.717, 1.165) is 11.8 Å². The Balaban J connectivity index is 1.91. The summed E-state index contributed by atoms with van der Waals surface area (Å²) in [5, 5.41) is -0.289. The molecule has 0 unspecified atom stereocenters. The minimum atomic E-state index is -3.57. The van der Waals surface area contributed by atoms with Crippen LogP contribution in [-0.2, 0) is 29.3 Å². The second-order valence-corrected chi connectivity index (χ2v) is 8.47. The fraction of sp³-hybridized carbons (Fsp3) is 0.444. The van der Waals surface area contributed by atoms with Crippen LogP contribution in [0.3, 0.4) is 0 Å². The molecule has 1 aliphatic rings. The highest BCUT2D eigenvalue weighted by atomic mass is 32.2. The summed E-state index contributed by atoms with van der Waals surface area (Å²) in [5.41, 5.74) is 1.41. The molecule has 0 saturated carbocycles. The van der Waals surface area contributed by atoms with Gasteiger partial charge in [0.2, 0.25) is 15.0 Å². The molecule has 0 aliphatic carbocycles. The van der Waals surface area contributed by atoms with E-state index < -0.39 is 15.4 Å². The van der Waals surface area contributed by atoms with Gasteiger partial charge in [-0.05, 0) is 0 Å². The predicted octanol–water partition coefficient (Wildman–Crippen LogP) is 0.758. The lowest BCUT2D eigenvalue weighted by molar-refractivity contribution is 0.232. The second kappa shape index (κ2) is 7.80. The second-order valence-electron chi connectivity index (χ2n) is 6.54. The van der Waals surface area contributed by atoms with Gasteiger partial charge in [-0.3, -0.25) is 14.7 Å². The molecule has 1 aromatic carbocycles. The van der Waals surface area contributed by atoms with E-state index in [1.54, 1.807) is 33.5 Å². The maximum Gasteiger partial charge on any atom is 0.256 e. The molecule has 1 N–H and O–H groups in total. The van der Waals surface area contributed by atoms with Gasteiger partial charge in [0.25, 0.3) is 5.56 Å². The number of aromatic nitrogens is 2. The molecule has 0 atom stereocenters. The quantitative estimate of drug-likeness (QED) is 0.696. The molecule has 10 heteroatoms. The largest absolute Gasteiger partial charge is 0.496 e. The first kappa shape index (κ1) is 20.2. The Morgan fingerprint density at radius 1 is 1.14 bits per heavy atom. The van der Waals surface area contributed by atoms with E-state index >= 15 is 0 Å². The van der Waals surface area contributed by atoms with Crippen molar-refractivity contribution in [3.8, 4) is 17.2 Å². The van der Waals surface area contributed by atoms with Crippen LogP contribution in [0.15, 0.2) is 22.1 Å². The zero-order valence-electron chi connectivity index (χ0n) is 16.2. The summed E-state index contributed by atoms with van der Waals surface area (Å²) in [4.78, 5) is 21.0. The summed E-state index contributed by atoms with van der Waals surface area (Å²) >= 11 is 0. The zero-order valence-corrected chi connectivity index (χ0v) is 17.1. The standard InChI is InChI=1S/C18H23N3O6S/c1-25-11-7-15(26-2)13(16(8-11)27-3)10-21-6-5-14-12(9-21)17(22)20-18(19-14)28(4,23)24/h7-8H,5-6,9-10H2,1-4H3,(H,19,20,22). The van der Waals surface area contributed by atoms with Gasteiger partial charge < -0.3 is 14.2 Å². The highest BCUT2D eigenvalue weighted by Crippen LogP contribution is 2.35. The Morgan fingerprint density at radius 3 is 2.32 bits per heavy atom. The van der Waals surface area contributed by atoms with Crippen LogP contribution in [-0.4, -0.2) is 57.4 Å². The molecule has 1 aliphatic heterocycles. The molecular weight excluding hydrogens is 386 g/mol. The number of nitrogens with zero attached hydrogens (tertiary/aromatic N) is 2. The van der Waals surface area contributed by atoms with Gasteiger partial charge in [-0.15, -0.1) is 0 Å². The molecule has 2 aromatic rings. The van der Waals surface area contributed by atoms with Crippen LogP contribution < -0.4 is 19.8 Å². The van der Waals surface area contributed by atoms with Gasteiger partial charge in [0, 0.05) is 44.4 Å². The molecule has 1 aromatic heterocycles. The summed E-state index contributed by atoms with van der Waals surface area (Å²) in [6.45, 7) is 1.45. The Bertz CT molecular complexity index is 1020. The van der Waals surface area contributed by atoms with E-state index in [1.165, 1.54) is 0 Å². The van der Waals surface area contributed by atoms with Crippen molar-refractivity contribution in [2.45, 2.75) is 24.7 Å². The number of hydrogen-bond donors (Lipinski definition) is 1. The SMILES string of the molecule is COc1cc(OC)c(CN2CCc3nc(S(C)(=O)=O)[nH]c(=O)c3C2)c(OC)c1. The maximum absolute atomic E-state index is 12.4. The van der Waals surface area contributed by atoms with Crippen LogP contribution in [0, 0.1) is 0 Å². The third kappa shape index (κ3) is 3.97. The number of benzene rings is 1. The van der Waals surface area contributed by atoms with Crippen LogP contribution in [0.2, 0.25) is 0 Å². The lowest BCUT2D eigenvalue weighted by atomic mass is 10.1. The third-order valence-corrected chi connectivity index (χ3v) is 5.57. The van der Waals surface area contributed by atoms with Crippen LogP contribution in [0.5, 0.6) is 17.2 Å². The molecule has 0 saturated heterocycles.